The molecule has 2 atom stereocenters. The predicted octanol–water partition coefficient (Wildman–Crippen LogP) is 2.16. The largest absolute Gasteiger partial charge is 0.368 e. The number of fused-ring (bicyclic) bond motifs is 2. The van der Waals surface area contributed by atoms with Gasteiger partial charge in [0.25, 0.3) is 0 Å². The first-order chi connectivity index (χ1) is 10.2. The lowest BCUT2D eigenvalue weighted by Gasteiger charge is -2.43. The first kappa shape index (κ1) is 14.9. The molecule has 0 unspecified atom stereocenters. The van der Waals surface area contributed by atoms with Gasteiger partial charge < -0.3 is 5.73 Å². The number of nitrogens with two attached hydrogens (primary N) is 1. The zero-order valence-corrected chi connectivity index (χ0v) is 13.7. The summed E-state index contributed by atoms with van der Waals surface area (Å²) in [5.74, 6) is 2.12. The summed E-state index contributed by atoms with van der Waals surface area (Å²) in [5.41, 5.74) is 9.76. The van der Waals surface area contributed by atoms with Crippen LogP contribution in [0.4, 0.5) is 5.95 Å². The molecule has 1 aliphatic carbocycles. The van der Waals surface area contributed by atoms with Gasteiger partial charge in [-0.3, -0.25) is 4.90 Å². The number of nitrogens with zero attached hydrogens (tertiary/aromatic N) is 3. The minimum atomic E-state index is 0.404. The molecule has 0 bridgehead atoms. The van der Waals surface area contributed by atoms with Gasteiger partial charge in [-0.25, -0.2) is 9.97 Å². The SMILES string of the molecule is CCCN1CC(CSC)=C[C@@H]2Cc3nc(N)ncc3C[C@H]21. The maximum absolute atomic E-state index is 5.75. The first-order valence-electron chi connectivity index (χ1n) is 7.74. The number of thioether (sulfide) groups is 1. The van der Waals surface area contributed by atoms with Crippen LogP contribution in [-0.4, -0.2) is 46.0 Å². The summed E-state index contributed by atoms with van der Waals surface area (Å²) >= 11 is 1.92. The number of hydrogen-bond acceptors (Lipinski definition) is 5. The van der Waals surface area contributed by atoms with Gasteiger partial charge in [-0.05, 0) is 49.1 Å². The van der Waals surface area contributed by atoms with E-state index in [4.69, 9.17) is 5.73 Å². The molecule has 0 aromatic carbocycles. The molecule has 2 aliphatic rings. The molecule has 0 saturated heterocycles. The predicted molar refractivity (Wildman–Crippen MR) is 89.5 cm³/mol. The Balaban J connectivity index is 1.89. The number of nitrogen functional groups attached to an aromatic ring is 1. The average molecular weight is 304 g/mol. The average Bonchev–Trinajstić information content (AvgIpc) is 2.46. The minimum Gasteiger partial charge on any atom is -0.368 e. The van der Waals surface area contributed by atoms with Crippen LogP contribution in [-0.2, 0) is 12.8 Å². The molecule has 2 heterocycles. The normalized spacial score (nSPS) is 25.1. The van der Waals surface area contributed by atoms with Crippen molar-refractivity contribution in [1.29, 1.82) is 0 Å². The lowest BCUT2D eigenvalue weighted by Crippen LogP contribution is -2.49. The Labute approximate surface area is 131 Å². The smallest absolute Gasteiger partial charge is 0.220 e. The Kier molecular flexibility index (Phi) is 4.50. The molecule has 5 heteroatoms. The van der Waals surface area contributed by atoms with E-state index in [1.165, 1.54) is 18.5 Å². The van der Waals surface area contributed by atoms with Gasteiger partial charge in [0.2, 0.25) is 5.95 Å². The Bertz CT molecular complexity index is 543. The maximum atomic E-state index is 5.75. The molecule has 1 aliphatic heterocycles. The van der Waals surface area contributed by atoms with E-state index in [9.17, 15) is 0 Å². The van der Waals surface area contributed by atoms with Gasteiger partial charge in [0.1, 0.15) is 0 Å². The highest BCUT2D eigenvalue weighted by Crippen LogP contribution is 2.33. The van der Waals surface area contributed by atoms with Crippen LogP contribution in [0, 0.1) is 5.92 Å². The molecule has 1 aromatic heterocycles. The van der Waals surface area contributed by atoms with E-state index in [-0.39, 0.29) is 0 Å². The summed E-state index contributed by atoms with van der Waals surface area (Å²) in [6.45, 7) is 4.57. The molecule has 21 heavy (non-hydrogen) atoms. The van der Waals surface area contributed by atoms with E-state index in [1.807, 2.05) is 18.0 Å². The summed E-state index contributed by atoms with van der Waals surface area (Å²) in [4.78, 5) is 11.3. The number of rotatable bonds is 4. The zero-order chi connectivity index (χ0) is 14.8. The molecule has 4 nitrogen and oxygen atoms in total. The lowest BCUT2D eigenvalue weighted by atomic mass is 9.79. The summed E-state index contributed by atoms with van der Waals surface area (Å²) in [6, 6.07) is 0.607. The van der Waals surface area contributed by atoms with E-state index in [0.717, 1.165) is 30.8 Å². The van der Waals surface area contributed by atoms with Crippen molar-refractivity contribution in [3.05, 3.63) is 29.1 Å². The van der Waals surface area contributed by atoms with Crippen LogP contribution in [0.3, 0.4) is 0 Å². The molecule has 0 amide bonds. The van der Waals surface area contributed by atoms with Gasteiger partial charge in [0.15, 0.2) is 0 Å². The third kappa shape index (κ3) is 3.09. The molecular formula is C16H24N4S. The second-order valence-corrected chi connectivity index (χ2v) is 6.93. The van der Waals surface area contributed by atoms with Crippen molar-refractivity contribution in [2.45, 2.75) is 32.2 Å². The lowest BCUT2D eigenvalue weighted by molar-refractivity contribution is 0.149. The van der Waals surface area contributed by atoms with Crippen LogP contribution in [0.2, 0.25) is 0 Å². The molecule has 114 valence electrons. The van der Waals surface area contributed by atoms with E-state index in [2.05, 4.69) is 34.1 Å². The molecule has 1 aromatic rings. The summed E-state index contributed by atoms with van der Waals surface area (Å²) < 4.78 is 0. The number of anilines is 1. The molecular weight excluding hydrogens is 280 g/mol. The van der Waals surface area contributed by atoms with E-state index in [0.29, 0.717) is 17.9 Å². The molecule has 2 N–H and O–H groups in total. The fraction of sp³-hybridized carbons (Fsp3) is 0.625. The van der Waals surface area contributed by atoms with Gasteiger partial charge in [-0.15, -0.1) is 0 Å². The fourth-order valence-electron chi connectivity index (χ4n) is 3.66. The molecule has 3 rings (SSSR count). The third-order valence-electron chi connectivity index (χ3n) is 4.49. The van der Waals surface area contributed by atoms with Gasteiger partial charge in [0, 0.05) is 30.2 Å². The Morgan fingerprint density at radius 3 is 3.05 bits per heavy atom. The van der Waals surface area contributed by atoms with Crippen LogP contribution in [0.15, 0.2) is 17.8 Å². The topological polar surface area (TPSA) is 55.0 Å². The highest BCUT2D eigenvalue weighted by Gasteiger charge is 2.35. The second-order valence-electron chi connectivity index (χ2n) is 6.07. The van der Waals surface area contributed by atoms with Crippen LogP contribution < -0.4 is 5.73 Å². The number of aromatic nitrogens is 2. The van der Waals surface area contributed by atoms with Crippen molar-refractivity contribution in [1.82, 2.24) is 14.9 Å². The van der Waals surface area contributed by atoms with Gasteiger partial charge in [0.05, 0.1) is 0 Å². The van der Waals surface area contributed by atoms with E-state index in [1.54, 1.807) is 5.57 Å². The monoisotopic (exact) mass is 304 g/mol. The Hall–Kier alpha value is -1.07. The van der Waals surface area contributed by atoms with Crippen LogP contribution in [0.25, 0.3) is 0 Å². The maximum Gasteiger partial charge on any atom is 0.220 e. The van der Waals surface area contributed by atoms with Crippen molar-refractivity contribution in [3.8, 4) is 0 Å². The van der Waals surface area contributed by atoms with Crippen LogP contribution >= 0.6 is 11.8 Å². The van der Waals surface area contributed by atoms with E-state index >= 15 is 0 Å². The molecule has 0 spiro atoms. The van der Waals surface area contributed by atoms with Gasteiger partial charge in [-0.2, -0.15) is 11.8 Å². The van der Waals surface area contributed by atoms with Crippen molar-refractivity contribution >= 4 is 17.7 Å². The highest BCUT2D eigenvalue weighted by atomic mass is 32.2. The first-order valence-corrected chi connectivity index (χ1v) is 9.13. The zero-order valence-electron chi connectivity index (χ0n) is 12.9. The fourth-order valence-corrected chi connectivity index (χ4v) is 4.21. The van der Waals surface area contributed by atoms with Crippen molar-refractivity contribution in [2.75, 3.05) is 30.8 Å². The van der Waals surface area contributed by atoms with E-state index < -0.39 is 0 Å². The highest BCUT2D eigenvalue weighted by molar-refractivity contribution is 7.98. The summed E-state index contributed by atoms with van der Waals surface area (Å²) in [7, 11) is 0. The third-order valence-corrected chi connectivity index (χ3v) is 5.15. The van der Waals surface area contributed by atoms with Crippen molar-refractivity contribution in [3.63, 3.8) is 0 Å². The quantitative estimate of drug-likeness (QED) is 0.864. The molecule has 0 fully saturated rings. The standard InChI is InChI=1S/C16H24N4S/c1-3-4-20-9-11(10-21-2)5-12-6-14-13(7-15(12)20)8-18-16(17)19-14/h5,8,12,15H,3-4,6-7,9-10H2,1-2H3,(H2,17,18,19)/t12-,15-/m1/s1. The van der Waals surface area contributed by atoms with Gasteiger partial charge >= 0.3 is 0 Å². The summed E-state index contributed by atoms with van der Waals surface area (Å²) in [5, 5.41) is 0. The minimum absolute atomic E-state index is 0.404. The molecule has 0 saturated carbocycles. The Morgan fingerprint density at radius 1 is 1.43 bits per heavy atom. The second kappa shape index (κ2) is 6.36. The number of hydrogen-bond donors (Lipinski definition) is 1. The van der Waals surface area contributed by atoms with Crippen LogP contribution in [0.1, 0.15) is 24.6 Å². The van der Waals surface area contributed by atoms with Crippen molar-refractivity contribution < 1.29 is 0 Å². The van der Waals surface area contributed by atoms with Crippen molar-refractivity contribution in [2.24, 2.45) is 5.92 Å². The molecule has 0 radical (unpaired) electrons. The van der Waals surface area contributed by atoms with Crippen LogP contribution in [0.5, 0.6) is 0 Å². The Morgan fingerprint density at radius 2 is 2.29 bits per heavy atom. The summed E-state index contributed by atoms with van der Waals surface area (Å²) in [6.07, 6.45) is 9.89. The van der Waals surface area contributed by atoms with Gasteiger partial charge in [-0.1, -0.05) is 13.0 Å².